The zero-order valence-corrected chi connectivity index (χ0v) is 25.7. The highest BCUT2D eigenvalue weighted by Crippen LogP contribution is 2.44. The van der Waals surface area contributed by atoms with Gasteiger partial charge < -0.3 is 30.2 Å². The number of alkyl halides is 2. The average molecular weight is 649 g/mol. The summed E-state index contributed by atoms with van der Waals surface area (Å²) in [6, 6.07) is 2.80. The lowest BCUT2D eigenvalue weighted by Crippen LogP contribution is -2.60. The lowest BCUT2D eigenvalue weighted by atomic mass is 9.97. The minimum Gasteiger partial charge on any atom is -0.476 e. The van der Waals surface area contributed by atoms with E-state index < -0.39 is 53.3 Å². The molecule has 0 bridgehead atoms. The fourth-order valence-corrected chi connectivity index (χ4v) is 7.36. The first-order chi connectivity index (χ1) is 22.1. The first-order valence-corrected chi connectivity index (χ1v) is 15.9. The molecule has 7 rings (SSSR count). The second kappa shape index (κ2) is 12.3. The normalized spacial score (nSPS) is 26.2. The molecule has 3 aromatic rings. The van der Waals surface area contributed by atoms with Crippen molar-refractivity contribution in [1.29, 1.82) is 0 Å². The highest BCUT2D eigenvalue weighted by molar-refractivity contribution is 6.00. The topological polar surface area (TPSA) is 98.0 Å². The molecule has 2 aromatic heterocycles. The van der Waals surface area contributed by atoms with Gasteiger partial charge in [0.25, 0.3) is 0 Å². The third kappa shape index (κ3) is 5.37. The smallest absolute Gasteiger partial charge is 0.242 e. The molecule has 6 heterocycles. The number of benzene rings is 1. The number of nitrogens with two attached hydrogens (primary N) is 1. The molecular formula is C32H37F5N6O3. The van der Waals surface area contributed by atoms with Crippen LogP contribution in [-0.2, 0) is 11.2 Å². The van der Waals surface area contributed by atoms with Crippen molar-refractivity contribution >= 4 is 22.3 Å². The van der Waals surface area contributed by atoms with E-state index in [1.54, 1.807) is 0 Å². The Labute approximate surface area is 263 Å². The van der Waals surface area contributed by atoms with Crippen LogP contribution >= 0.6 is 0 Å². The number of nitrogen functional groups attached to an aromatic ring is 1. The third-order valence-electron chi connectivity index (χ3n) is 9.83. The summed E-state index contributed by atoms with van der Waals surface area (Å²) in [5.74, 6) is -3.35. The molecule has 9 nitrogen and oxygen atoms in total. The predicted octanol–water partition coefficient (Wildman–Crippen LogP) is 4.68. The van der Waals surface area contributed by atoms with Gasteiger partial charge in [0.2, 0.25) is 18.2 Å². The SMILES string of the molecule is CC[C@@H]1CN2c3nc(OC[C@@H]4CC[C@H]5COCCN54)cc4c(F)c(-c5cc(N)c(F)c(F)c5CC(F)F)nc(c34)O[C@@H](C)[C@@H]2CN1. The summed E-state index contributed by atoms with van der Waals surface area (Å²) < 4.78 is 91.8. The number of ether oxygens (including phenoxy) is 3. The van der Waals surface area contributed by atoms with Crippen LogP contribution in [0.5, 0.6) is 11.8 Å². The molecule has 0 radical (unpaired) electrons. The maximum atomic E-state index is 16.8. The first kappa shape index (κ1) is 31.1. The molecule has 0 unspecified atom stereocenters. The van der Waals surface area contributed by atoms with Crippen molar-refractivity contribution in [3.63, 3.8) is 0 Å². The molecule has 3 saturated heterocycles. The summed E-state index contributed by atoms with van der Waals surface area (Å²) in [5, 5.41) is 3.83. The summed E-state index contributed by atoms with van der Waals surface area (Å²) in [5.41, 5.74) is 3.49. The monoisotopic (exact) mass is 648 g/mol. The fourth-order valence-electron chi connectivity index (χ4n) is 7.36. The zero-order chi connectivity index (χ0) is 32.3. The maximum Gasteiger partial charge on any atom is 0.242 e. The van der Waals surface area contributed by atoms with Crippen LogP contribution < -0.4 is 25.4 Å². The molecule has 4 aliphatic heterocycles. The second-order valence-electron chi connectivity index (χ2n) is 12.6. The van der Waals surface area contributed by atoms with Crippen LogP contribution in [-0.4, -0.2) is 91.0 Å². The molecule has 3 fully saturated rings. The number of aromatic nitrogens is 2. The first-order valence-electron chi connectivity index (χ1n) is 15.9. The van der Waals surface area contributed by atoms with Crippen LogP contribution in [0.15, 0.2) is 12.1 Å². The molecule has 0 amide bonds. The van der Waals surface area contributed by atoms with Crippen LogP contribution in [0.1, 0.15) is 38.7 Å². The molecule has 46 heavy (non-hydrogen) atoms. The van der Waals surface area contributed by atoms with Crippen molar-refractivity contribution in [3.05, 3.63) is 35.1 Å². The zero-order valence-electron chi connectivity index (χ0n) is 25.7. The number of halogens is 5. The van der Waals surface area contributed by atoms with E-state index in [4.69, 9.17) is 24.9 Å². The molecule has 0 aliphatic carbocycles. The average Bonchev–Trinajstić information content (AvgIpc) is 3.42. The van der Waals surface area contributed by atoms with E-state index in [1.807, 2.05) is 6.92 Å². The molecule has 5 atom stereocenters. The molecule has 4 aliphatic rings. The van der Waals surface area contributed by atoms with Crippen LogP contribution in [0.2, 0.25) is 0 Å². The van der Waals surface area contributed by atoms with Gasteiger partial charge in [-0.25, -0.2) is 26.9 Å². The van der Waals surface area contributed by atoms with Gasteiger partial charge >= 0.3 is 0 Å². The highest BCUT2D eigenvalue weighted by atomic mass is 19.3. The number of nitrogens with zero attached hydrogens (tertiary/aromatic N) is 4. The Bertz CT molecular complexity index is 1650. The van der Waals surface area contributed by atoms with Gasteiger partial charge in [0.15, 0.2) is 17.5 Å². The van der Waals surface area contributed by atoms with Crippen LogP contribution in [0, 0.1) is 17.5 Å². The van der Waals surface area contributed by atoms with Crippen LogP contribution in [0.4, 0.5) is 33.5 Å². The van der Waals surface area contributed by atoms with Gasteiger partial charge in [-0.15, -0.1) is 0 Å². The number of rotatable bonds is 7. The Morgan fingerprint density at radius 3 is 2.74 bits per heavy atom. The van der Waals surface area contributed by atoms with E-state index in [-0.39, 0.29) is 40.8 Å². The van der Waals surface area contributed by atoms with Crippen LogP contribution in [0.3, 0.4) is 0 Å². The molecule has 3 N–H and O–H groups in total. The van der Waals surface area contributed by atoms with E-state index in [9.17, 15) is 13.2 Å². The Morgan fingerprint density at radius 1 is 1.13 bits per heavy atom. The van der Waals surface area contributed by atoms with Crippen molar-refractivity contribution < 1.29 is 36.2 Å². The Morgan fingerprint density at radius 2 is 1.96 bits per heavy atom. The molecule has 248 valence electrons. The van der Waals surface area contributed by atoms with E-state index in [2.05, 4.69) is 27.0 Å². The van der Waals surface area contributed by atoms with Crippen molar-refractivity contribution in [3.8, 4) is 23.0 Å². The van der Waals surface area contributed by atoms with Gasteiger partial charge in [-0.05, 0) is 32.3 Å². The largest absolute Gasteiger partial charge is 0.476 e. The standard InChI is InChI=1S/C32H37F5N6O3/c1-3-16-12-43-23(11-39-16)15(2)46-32-26-21(10-25(40-31(26)43)45-14-18-5-4-17-13-44-7-6-42(17)18)28(36)30(41-32)20-8-22(38)29(37)27(35)19(20)9-24(33)34/h8,10,15-18,23-24,39H,3-7,9,11-14,38H2,1-2H3/t15-,16+,17-,18-,23-/m0/s1. The van der Waals surface area contributed by atoms with Crippen molar-refractivity contribution in [2.75, 3.05) is 50.1 Å². The van der Waals surface area contributed by atoms with E-state index in [0.29, 0.717) is 50.2 Å². The number of hydrogen-bond acceptors (Lipinski definition) is 9. The molecular weight excluding hydrogens is 611 g/mol. The van der Waals surface area contributed by atoms with Gasteiger partial charge in [-0.3, -0.25) is 4.90 Å². The molecule has 1 aromatic carbocycles. The lowest BCUT2D eigenvalue weighted by molar-refractivity contribution is -0.00980. The number of fused-ring (bicyclic) bond motifs is 3. The molecule has 14 heteroatoms. The number of pyridine rings is 2. The summed E-state index contributed by atoms with van der Waals surface area (Å²) in [4.78, 5) is 13.8. The van der Waals surface area contributed by atoms with E-state index >= 15 is 8.78 Å². The van der Waals surface area contributed by atoms with E-state index in [1.165, 1.54) is 6.07 Å². The number of anilines is 2. The summed E-state index contributed by atoms with van der Waals surface area (Å²) in [6.45, 7) is 7.54. The summed E-state index contributed by atoms with van der Waals surface area (Å²) >= 11 is 0. The quantitative estimate of drug-likeness (QED) is 0.280. The fraction of sp³-hybridized carbons (Fsp3) is 0.562. The Kier molecular flexibility index (Phi) is 8.30. The minimum absolute atomic E-state index is 0.00801. The lowest BCUT2D eigenvalue weighted by Gasteiger charge is -2.42. The van der Waals surface area contributed by atoms with Gasteiger partial charge in [0, 0.05) is 66.8 Å². The number of hydrogen-bond donors (Lipinski definition) is 2. The van der Waals surface area contributed by atoms with E-state index in [0.717, 1.165) is 31.9 Å². The maximum absolute atomic E-state index is 16.8. The second-order valence-corrected chi connectivity index (χ2v) is 12.6. The van der Waals surface area contributed by atoms with Crippen molar-refractivity contribution in [2.45, 2.75) is 76.2 Å². The van der Waals surface area contributed by atoms with Gasteiger partial charge in [-0.1, -0.05) is 6.92 Å². The number of piperazine rings is 1. The predicted molar refractivity (Wildman–Crippen MR) is 162 cm³/mol. The van der Waals surface area contributed by atoms with Gasteiger partial charge in [-0.2, -0.15) is 4.98 Å². The third-order valence-corrected chi connectivity index (χ3v) is 9.83. The molecule has 0 saturated carbocycles. The minimum atomic E-state index is -3.04. The number of morpholine rings is 1. The van der Waals surface area contributed by atoms with Gasteiger partial charge in [0.1, 0.15) is 24.2 Å². The highest BCUT2D eigenvalue weighted by Gasteiger charge is 2.40. The Balaban J connectivity index is 1.38. The van der Waals surface area contributed by atoms with Gasteiger partial charge in [0.05, 0.1) is 30.3 Å². The summed E-state index contributed by atoms with van der Waals surface area (Å²) in [6.07, 6.45) is -1.89. The number of nitrogens with one attached hydrogen (secondary N) is 1. The Hall–Kier alpha value is -3.49. The van der Waals surface area contributed by atoms with Crippen LogP contribution in [0.25, 0.3) is 22.0 Å². The van der Waals surface area contributed by atoms with Crippen molar-refractivity contribution in [1.82, 2.24) is 20.2 Å². The summed E-state index contributed by atoms with van der Waals surface area (Å²) in [7, 11) is 0. The van der Waals surface area contributed by atoms with Crippen molar-refractivity contribution in [2.24, 2.45) is 0 Å². The molecule has 0 spiro atoms.